The van der Waals surface area contributed by atoms with E-state index in [9.17, 15) is 4.79 Å². The first-order valence-electron chi connectivity index (χ1n) is 9.97. The molecule has 6 nitrogen and oxygen atoms in total. The number of rotatable bonds is 5. The van der Waals surface area contributed by atoms with E-state index in [2.05, 4.69) is 20.5 Å². The molecule has 2 N–H and O–H groups in total. The normalized spacial score (nSPS) is 25.0. The number of hydrogen-bond acceptors (Lipinski definition) is 3. The zero-order valence-electron chi connectivity index (χ0n) is 16.2. The third kappa shape index (κ3) is 4.46. The molecule has 6 heteroatoms. The Morgan fingerprint density at radius 3 is 2.32 bits per heavy atom. The molecule has 3 rings (SSSR count). The Morgan fingerprint density at radius 2 is 1.80 bits per heavy atom. The minimum atomic E-state index is -0.254. The average molecular weight is 350 g/mol. The Morgan fingerprint density at radius 1 is 1.16 bits per heavy atom. The molecule has 1 saturated heterocycles. The lowest BCUT2D eigenvalue weighted by atomic mass is 9.84. The first-order valence-corrected chi connectivity index (χ1v) is 9.97. The van der Waals surface area contributed by atoms with Gasteiger partial charge in [-0.05, 0) is 38.5 Å². The molecule has 0 aromatic carbocycles. The predicted octanol–water partition coefficient (Wildman–Crippen LogP) is 1.43. The van der Waals surface area contributed by atoms with Crippen molar-refractivity contribution in [1.82, 2.24) is 20.4 Å². The maximum atomic E-state index is 12.7. The van der Waals surface area contributed by atoms with Crippen molar-refractivity contribution in [1.29, 1.82) is 0 Å². The third-order valence-electron chi connectivity index (χ3n) is 6.17. The number of hydrogen-bond donors (Lipinski definition) is 2. The maximum absolute atomic E-state index is 12.7. The summed E-state index contributed by atoms with van der Waals surface area (Å²) in [5.74, 6) is 1.10. The molecule has 1 amide bonds. The molecule has 1 aliphatic heterocycles. The van der Waals surface area contributed by atoms with Crippen molar-refractivity contribution >= 4 is 11.9 Å². The zero-order chi connectivity index (χ0) is 17.9. The Bertz CT molecular complexity index is 486. The summed E-state index contributed by atoms with van der Waals surface area (Å²) in [4.78, 5) is 21.5. The summed E-state index contributed by atoms with van der Waals surface area (Å²) in [6.45, 7) is 3.08. The molecule has 0 spiro atoms. The molecule has 0 bridgehead atoms. The summed E-state index contributed by atoms with van der Waals surface area (Å²) < 4.78 is 0. The predicted molar refractivity (Wildman–Crippen MR) is 102 cm³/mol. The Kier molecular flexibility index (Phi) is 5.87. The van der Waals surface area contributed by atoms with Crippen LogP contribution in [0.15, 0.2) is 4.99 Å². The van der Waals surface area contributed by atoms with Crippen LogP contribution in [-0.4, -0.2) is 74.5 Å². The number of likely N-dealkylation sites (tertiary alicyclic amines) is 1. The smallest absolute Gasteiger partial charge is 0.230 e. The van der Waals surface area contributed by atoms with Crippen LogP contribution in [-0.2, 0) is 4.79 Å². The first-order chi connectivity index (χ1) is 12.0. The minimum absolute atomic E-state index is 0.254. The highest BCUT2D eigenvalue weighted by molar-refractivity contribution is 5.85. The number of amides is 1. The second kappa shape index (κ2) is 7.94. The molecule has 0 aromatic heterocycles. The summed E-state index contributed by atoms with van der Waals surface area (Å²) in [6.07, 6.45) is 9.39. The van der Waals surface area contributed by atoms with Crippen molar-refractivity contribution in [2.45, 2.75) is 63.5 Å². The van der Waals surface area contributed by atoms with E-state index in [1.165, 1.54) is 38.8 Å². The van der Waals surface area contributed by atoms with Gasteiger partial charge in [0.05, 0.1) is 5.41 Å². The van der Waals surface area contributed by atoms with E-state index >= 15 is 0 Å². The largest absolute Gasteiger partial charge is 0.355 e. The SMILES string of the molecule is CN=C(NCC1(C(=O)N(C)C)CCCC1)NC1CCN(C2CC2)CC1. The van der Waals surface area contributed by atoms with Gasteiger partial charge < -0.3 is 20.4 Å². The number of aliphatic imine (C=N–C) groups is 1. The summed E-state index contributed by atoms with van der Waals surface area (Å²) in [6, 6.07) is 1.36. The van der Waals surface area contributed by atoms with Crippen LogP contribution in [0.1, 0.15) is 51.4 Å². The van der Waals surface area contributed by atoms with E-state index in [1.807, 2.05) is 21.1 Å². The van der Waals surface area contributed by atoms with Gasteiger partial charge in [0.25, 0.3) is 0 Å². The minimum Gasteiger partial charge on any atom is -0.355 e. The second-order valence-corrected chi connectivity index (χ2v) is 8.30. The molecular weight excluding hydrogens is 314 g/mol. The number of nitrogens with one attached hydrogen (secondary N) is 2. The lowest BCUT2D eigenvalue weighted by Crippen LogP contribution is -2.52. The van der Waals surface area contributed by atoms with E-state index in [0.717, 1.165) is 37.7 Å². The lowest BCUT2D eigenvalue weighted by Gasteiger charge is -2.34. The fourth-order valence-electron chi connectivity index (χ4n) is 4.48. The van der Waals surface area contributed by atoms with E-state index in [0.29, 0.717) is 12.6 Å². The number of piperidine rings is 1. The van der Waals surface area contributed by atoms with Crippen molar-refractivity contribution in [2.75, 3.05) is 40.8 Å². The van der Waals surface area contributed by atoms with E-state index in [4.69, 9.17) is 0 Å². The van der Waals surface area contributed by atoms with Gasteiger partial charge in [0, 0.05) is 52.9 Å². The highest BCUT2D eigenvalue weighted by atomic mass is 16.2. The molecule has 142 valence electrons. The molecule has 2 aliphatic carbocycles. The highest BCUT2D eigenvalue weighted by Gasteiger charge is 2.42. The number of carbonyl (C=O) groups excluding carboxylic acids is 1. The van der Waals surface area contributed by atoms with E-state index in [1.54, 1.807) is 4.90 Å². The van der Waals surface area contributed by atoms with Gasteiger partial charge in [0.1, 0.15) is 0 Å². The van der Waals surface area contributed by atoms with Gasteiger partial charge in [-0.25, -0.2) is 0 Å². The molecule has 0 unspecified atom stereocenters. The molecule has 25 heavy (non-hydrogen) atoms. The van der Waals surface area contributed by atoms with Crippen molar-refractivity contribution in [2.24, 2.45) is 10.4 Å². The molecular formula is C19H35N5O. The summed E-state index contributed by atoms with van der Waals surface area (Å²) in [5, 5.41) is 7.04. The summed E-state index contributed by atoms with van der Waals surface area (Å²) >= 11 is 0. The van der Waals surface area contributed by atoms with Gasteiger partial charge in [0.2, 0.25) is 5.91 Å². The number of nitrogens with zero attached hydrogens (tertiary/aromatic N) is 3. The zero-order valence-corrected chi connectivity index (χ0v) is 16.2. The molecule has 0 aromatic rings. The highest BCUT2D eigenvalue weighted by Crippen LogP contribution is 2.39. The molecule has 0 atom stereocenters. The fourth-order valence-corrected chi connectivity index (χ4v) is 4.48. The maximum Gasteiger partial charge on any atom is 0.230 e. The second-order valence-electron chi connectivity index (χ2n) is 8.30. The van der Waals surface area contributed by atoms with Gasteiger partial charge in [0.15, 0.2) is 5.96 Å². The van der Waals surface area contributed by atoms with Crippen LogP contribution < -0.4 is 10.6 Å². The molecule has 1 heterocycles. The van der Waals surface area contributed by atoms with E-state index < -0.39 is 0 Å². The van der Waals surface area contributed by atoms with Gasteiger partial charge in [-0.3, -0.25) is 9.79 Å². The van der Waals surface area contributed by atoms with Gasteiger partial charge in [-0.2, -0.15) is 0 Å². The van der Waals surface area contributed by atoms with Crippen LogP contribution in [0.4, 0.5) is 0 Å². The van der Waals surface area contributed by atoms with Gasteiger partial charge in [-0.1, -0.05) is 12.8 Å². The van der Waals surface area contributed by atoms with Crippen molar-refractivity contribution in [3.63, 3.8) is 0 Å². The Balaban J connectivity index is 1.49. The monoisotopic (exact) mass is 349 g/mol. The van der Waals surface area contributed by atoms with Crippen molar-refractivity contribution in [3.05, 3.63) is 0 Å². The van der Waals surface area contributed by atoms with Crippen LogP contribution in [0.25, 0.3) is 0 Å². The Hall–Kier alpha value is -1.30. The third-order valence-corrected chi connectivity index (χ3v) is 6.17. The number of carbonyl (C=O) groups is 1. The lowest BCUT2D eigenvalue weighted by molar-refractivity contribution is -0.138. The average Bonchev–Trinajstić information content (AvgIpc) is 3.36. The van der Waals surface area contributed by atoms with Crippen LogP contribution in [0.2, 0.25) is 0 Å². The van der Waals surface area contributed by atoms with Crippen LogP contribution in [0, 0.1) is 5.41 Å². The standard InChI is InChI=1S/C19H35N5O/c1-20-18(22-15-8-12-24(13-9-15)16-6-7-16)21-14-19(10-4-5-11-19)17(25)23(2)3/h15-16H,4-14H2,1-3H3,(H2,20,21,22). The molecule has 0 radical (unpaired) electrons. The molecule has 3 fully saturated rings. The fraction of sp³-hybridized carbons (Fsp3) is 0.895. The number of guanidine groups is 1. The first kappa shape index (κ1) is 18.5. The van der Waals surface area contributed by atoms with Gasteiger partial charge in [-0.15, -0.1) is 0 Å². The van der Waals surface area contributed by atoms with Crippen LogP contribution in [0.3, 0.4) is 0 Å². The van der Waals surface area contributed by atoms with Crippen LogP contribution in [0.5, 0.6) is 0 Å². The molecule has 3 aliphatic rings. The van der Waals surface area contributed by atoms with Crippen LogP contribution >= 0.6 is 0 Å². The Labute approximate surface area is 152 Å². The summed E-state index contributed by atoms with van der Waals surface area (Å²) in [7, 11) is 5.55. The summed E-state index contributed by atoms with van der Waals surface area (Å²) in [5.41, 5.74) is -0.254. The quantitative estimate of drug-likeness (QED) is 0.582. The van der Waals surface area contributed by atoms with Crippen molar-refractivity contribution in [3.8, 4) is 0 Å². The van der Waals surface area contributed by atoms with E-state index in [-0.39, 0.29) is 11.3 Å². The molecule has 2 saturated carbocycles. The van der Waals surface area contributed by atoms with Crippen molar-refractivity contribution < 1.29 is 4.79 Å². The van der Waals surface area contributed by atoms with Gasteiger partial charge >= 0.3 is 0 Å². The topological polar surface area (TPSA) is 60.0 Å².